The summed E-state index contributed by atoms with van der Waals surface area (Å²) in [5.74, 6) is -0.433. The third kappa shape index (κ3) is 7.79. The Kier molecular flexibility index (Phi) is 11.0. The minimum Gasteiger partial charge on any atom is -0.460 e. The summed E-state index contributed by atoms with van der Waals surface area (Å²) in [5.41, 5.74) is 3.21. The maximum absolute atomic E-state index is 14.5. The molecule has 3 aromatic carbocycles. The highest BCUT2D eigenvalue weighted by Crippen LogP contribution is 2.41. The monoisotopic (exact) mass is 667 g/mol. The summed E-state index contributed by atoms with van der Waals surface area (Å²) in [6, 6.07) is 21.2. The molecule has 8 nitrogen and oxygen atoms in total. The summed E-state index contributed by atoms with van der Waals surface area (Å²) < 4.78 is 12.5. The van der Waals surface area contributed by atoms with Crippen LogP contribution in [0.2, 0.25) is 0 Å². The van der Waals surface area contributed by atoms with Gasteiger partial charge in [0.2, 0.25) is 0 Å². The van der Waals surface area contributed by atoms with E-state index in [0.717, 1.165) is 47.2 Å². The molecule has 2 heterocycles. The maximum atomic E-state index is 14.5. The van der Waals surface area contributed by atoms with Crippen molar-refractivity contribution >= 4 is 50.1 Å². The number of thiazole rings is 1. The largest absolute Gasteiger partial charge is 0.460 e. The zero-order valence-corrected chi connectivity index (χ0v) is 29.6. The summed E-state index contributed by atoms with van der Waals surface area (Å²) in [6.07, 6.45) is 2.44. The minimum atomic E-state index is -0.563. The molecule has 0 radical (unpaired) electrons. The number of para-hydroxylation sites is 1. The summed E-state index contributed by atoms with van der Waals surface area (Å²) in [6.45, 7) is 14.4. The van der Waals surface area contributed by atoms with Gasteiger partial charge in [-0.2, -0.15) is 0 Å². The second-order valence-corrected chi connectivity index (χ2v) is 13.9. The highest BCUT2D eigenvalue weighted by Gasteiger charge is 2.27. The molecule has 0 aliphatic rings. The topological polar surface area (TPSA) is 92.9 Å². The van der Waals surface area contributed by atoms with Crippen LogP contribution in [0.4, 0.5) is 5.69 Å². The van der Waals surface area contributed by atoms with Gasteiger partial charge < -0.3 is 19.0 Å². The number of esters is 1. The Bertz CT molecular complexity index is 1940. The van der Waals surface area contributed by atoms with Crippen LogP contribution in [0, 0.1) is 0 Å². The lowest BCUT2D eigenvalue weighted by Gasteiger charge is -2.25. The van der Waals surface area contributed by atoms with Crippen molar-refractivity contribution in [3.63, 3.8) is 0 Å². The summed E-state index contributed by atoms with van der Waals surface area (Å²) in [4.78, 5) is 49.8. The molecule has 1 amide bonds. The number of fused-ring (bicyclic) bond motifs is 2. The van der Waals surface area contributed by atoms with Gasteiger partial charge in [-0.3, -0.25) is 9.59 Å². The number of carbonyl (C=O) groups excluding carboxylic acids is 2. The van der Waals surface area contributed by atoms with Crippen LogP contribution in [-0.4, -0.2) is 53.5 Å². The molecular weight excluding hydrogens is 623 g/mol. The van der Waals surface area contributed by atoms with Crippen molar-refractivity contribution in [1.82, 2.24) is 9.88 Å². The van der Waals surface area contributed by atoms with Gasteiger partial charge in [0.25, 0.3) is 5.91 Å². The molecule has 0 atom stereocenters. The van der Waals surface area contributed by atoms with E-state index in [1.165, 1.54) is 11.3 Å². The van der Waals surface area contributed by atoms with Crippen molar-refractivity contribution in [3.05, 3.63) is 82.7 Å². The fourth-order valence-corrected chi connectivity index (χ4v) is 6.96. The fourth-order valence-electron chi connectivity index (χ4n) is 5.96. The van der Waals surface area contributed by atoms with Gasteiger partial charge in [0.05, 0.1) is 10.2 Å². The predicted molar refractivity (Wildman–Crippen MR) is 196 cm³/mol. The SMILES string of the molecule is CCCCN(CCCC(=O)OC(C)(C)C)C(=O)c1ccccc1-c1c(-c2nc3ccccc3s2)c(=O)oc2cc(N(CC)CC)ccc12. The van der Waals surface area contributed by atoms with Crippen molar-refractivity contribution in [2.75, 3.05) is 31.1 Å². The number of benzene rings is 3. The van der Waals surface area contributed by atoms with Crippen LogP contribution in [0.25, 0.3) is 42.9 Å². The van der Waals surface area contributed by atoms with E-state index in [1.807, 2.05) is 92.4 Å². The second-order valence-electron chi connectivity index (χ2n) is 12.9. The van der Waals surface area contributed by atoms with E-state index in [-0.39, 0.29) is 18.3 Å². The molecule has 5 rings (SSSR count). The summed E-state index contributed by atoms with van der Waals surface area (Å²) in [7, 11) is 0. The normalized spacial score (nSPS) is 11.6. The van der Waals surface area contributed by atoms with Crippen LogP contribution in [0.5, 0.6) is 0 Å². The van der Waals surface area contributed by atoms with Gasteiger partial charge >= 0.3 is 11.6 Å². The Morgan fingerprint density at radius 3 is 2.31 bits per heavy atom. The third-order valence-corrected chi connectivity index (χ3v) is 9.31. The van der Waals surface area contributed by atoms with Gasteiger partial charge in [0.1, 0.15) is 21.8 Å². The number of aromatic nitrogens is 1. The highest BCUT2D eigenvalue weighted by molar-refractivity contribution is 7.21. The van der Waals surface area contributed by atoms with Crippen molar-refractivity contribution in [3.8, 4) is 21.7 Å². The number of anilines is 1. The zero-order chi connectivity index (χ0) is 34.4. The molecule has 9 heteroatoms. The van der Waals surface area contributed by atoms with Crippen LogP contribution in [0.3, 0.4) is 0 Å². The Hall–Kier alpha value is -4.50. The van der Waals surface area contributed by atoms with Gasteiger partial charge in [-0.25, -0.2) is 9.78 Å². The number of unbranched alkanes of at least 4 members (excludes halogenated alkanes) is 1. The van der Waals surface area contributed by atoms with Gasteiger partial charge in [0, 0.05) is 60.9 Å². The van der Waals surface area contributed by atoms with Gasteiger partial charge in [-0.05, 0) is 83.4 Å². The molecule has 48 heavy (non-hydrogen) atoms. The molecule has 5 aromatic rings. The number of carbonyl (C=O) groups is 2. The lowest BCUT2D eigenvalue weighted by molar-refractivity contribution is -0.154. The predicted octanol–water partition coefficient (Wildman–Crippen LogP) is 8.95. The Balaban J connectivity index is 1.65. The molecule has 0 saturated carbocycles. The van der Waals surface area contributed by atoms with Crippen LogP contribution in [0.15, 0.2) is 75.9 Å². The van der Waals surface area contributed by atoms with E-state index >= 15 is 0 Å². The van der Waals surface area contributed by atoms with Gasteiger partial charge in [-0.15, -0.1) is 11.3 Å². The standard InChI is InChI=1S/C39H45N3O5S/c1-7-10-23-42(24-15-20-33(43)47-39(4,5)6)37(44)28-17-12-11-16-27(28)34-29-22-21-26(41(8-2)9-3)25-31(29)46-38(45)35(34)36-40-30-18-13-14-19-32(30)48-36/h11-14,16-19,21-22,25H,7-10,15,20,23-24H2,1-6H3. The molecule has 0 aliphatic carbocycles. The van der Waals surface area contributed by atoms with Crippen LogP contribution < -0.4 is 10.5 Å². The Labute approximate surface area is 286 Å². The molecular formula is C39H45N3O5S. The molecule has 2 aromatic heterocycles. The molecule has 0 aliphatic heterocycles. The molecule has 0 N–H and O–H groups in total. The number of nitrogens with zero attached hydrogens (tertiary/aromatic N) is 3. The smallest absolute Gasteiger partial charge is 0.347 e. The van der Waals surface area contributed by atoms with E-state index < -0.39 is 11.2 Å². The first-order chi connectivity index (χ1) is 23.0. The van der Waals surface area contributed by atoms with E-state index in [0.29, 0.717) is 52.4 Å². The average molecular weight is 668 g/mol. The second kappa shape index (κ2) is 15.2. The van der Waals surface area contributed by atoms with E-state index in [1.54, 1.807) is 0 Å². The first-order valence-electron chi connectivity index (χ1n) is 16.9. The summed E-state index contributed by atoms with van der Waals surface area (Å²) >= 11 is 1.43. The van der Waals surface area contributed by atoms with Gasteiger partial charge in [-0.1, -0.05) is 43.7 Å². The summed E-state index contributed by atoms with van der Waals surface area (Å²) in [5, 5.41) is 1.27. The van der Waals surface area contributed by atoms with Gasteiger partial charge in [0.15, 0.2) is 0 Å². The van der Waals surface area contributed by atoms with Crippen molar-refractivity contribution < 1.29 is 18.7 Å². The highest BCUT2D eigenvalue weighted by atomic mass is 32.1. The molecule has 0 bridgehead atoms. The van der Waals surface area contributed by atoms with Crippen molar-refractivity contribution in [1.29, 1.82) is 0 Å². The van der Waals surface area contributed by atoms with Crippen LogP contribution in [0.1, 0.15) is 77.6 Å². The average Bonchev–Trinajstić information content (AvgIpc) is 3.49. The molecule has 0 fully saturated rings. The lowest BCUT2D eigenvalue weighted by Crippen LogP contribution is -2.34. The van der Waals surface area contributed by atoms with E-state index in [9.17, 15) is 14.4 Å². The zero-order valence-electron chi connectivity index (χ0n) is 28.8. The van der Waals surface area contributed by atoms with Crippen LogP contribution >= 0.6 is 11.3 Å². The van der Waals surface area contributed by atoms with Crippen LogP contribution in [-0.2, 0) is 9.53 Å². The Morgan fingerprint density at radius 2 is 1.60 bits per heavy atom. The molecule has 0 unspecified atom stereocenters. The lowest BCUT2D eigenvalue weighted by atomic mass is 9.92. The number of hydrogen-bond donors (Lipinski definition) is 0. The first kappa shape index (κ1) is 34.8. The number of ether oxygens (including phenoxy) is 1. The van der Waals surface area contributed by atoms with Crippen molar-refractivity contribution in [2.45, 2.75) is 72.8 Å². The molecule has 0 spiro atoms. The maximum Gasteiger partial charge on any atom is 0.347 e. The van der Waals surface area contributed by atoms with E-state index in [4.69, 9.17) is 14.1 Å². The first-order valence-corrected chi connectivity index (χ1v) is 17.7. The quantitative estimate of drug-likeness (QED) is 0.0914. The third-order valence-electron chi connectivity index (χ3n) is 8.25. The van der Waals surface area contributed by atoms with E-state index in [2.05, 4.69) is 25.7 Å². The Morgan fingerprint density at radius 1 is 0.896 bits per heavy atom. The molecule has 252 valence electrons. The minimum absolute atomic E-state index is 0.153. The fraction of sp³-hybridized carbons (Fsp3) is 0.385. The van der Waals surface area contributed by atoms with Crippen molar-refractivity contribution in [2.24, 2.45) is 0 Å². The number of rotatable bonds is 13. The molecule has 0 saturated heterocycles. The number of hydrogen-bond acceptors (Lipinski definition) is 8. The number of amides is 1.